The summed E-state index contributed by atoms with van der Waals surface area (Å²) in [6.07, 6.45) is 0. The number of rotatable bonds is 0. The standard InChI is InChI=1S/Mg.Mn.H2O4S.2H/c;;1-5(2,3)4;;/h;;(H2,1,2,3,4);;. The minimum atomic E-state index is -4.67. The van der Waals surface area contributed by atoms with Crippen LogP contribution >= 0.6 is 0 Å². The van der Waals surface area contributed by atoms with Crippen LogP contribution in [0.3, 0.4) is 0 Å². The Labute approximate surface area is 67.9 Å². The van der Waals surface area contributed by atoms with Gasteiger partial charge in [-0.1, -0.05) is 0 Å². The van der Waals surface area contributed by atoms with Crippen LogP contribution in [0.5, 0.6) is 0 Å². The molecule has 0 aromatic heterocycles. The van der Waals surface area contributed by atoms with Gasteiger partial charge in [0.25, 0.3) is 0 Å². The van der Waals surface area contributed by atoms with Gasteiger partial charge in [-0.3, -0.25) is 9.11 Å². The average Bonchev–Trinajstić information content (AvgIpc) is 0.722. The van der Waals surface area contributed by atoms with E-state index in [0.29, 0.717) is 0 Å². The van der Waals surface area contributed by atoms with Crippen molar-refractivity contribution in [1.82, 2.24) is 0 Å². The second-order valence-corrected chi connectivity index (χ2v) is 1.34. The molecule has 0 bridgehead atoms. The van der Waals surface area contributed by atoms with Crippen molar-refractivity contribution in [2.45, 2.75) is 0 Å². The molecule has 0 saturated heterocycles. The normalized spacial score (nSPS) is 8.29. The summed E-state index contributed by atoms with van der Waals surface area (Å²) in [5.41, 5.74) is 0. The molecule has 43 valence electrons. The Bertz CT molecular complexity index is 94.9. The molecule has 0 amide bonds. The van der Waals surface area contributed by atoms with Gasteiger partial charge in [0, 0.05) is 17.1 Å². The van der Waals surface area contributed by atoms with Crippen molar-refractivity contribution in [3.63, 3.8) is 0 Å². The molecule has 0 aliphatic carbocycles. The van der Waals surface area contributed by atoms with Crippen LogP contribution in [0, 0.1) is 0 Å². The maximum atomic E-state index is 8.74. The number of hydrogen-bond acceptors (Lipinski definition) is 2. The van der Waals surface area contributed by atoms with E-state index >= 15 is 0 Å². The zero-order valence-corrected chi connectivity index (χ0v) is 4.49. The first-order valence-electron chi connectivity index (χ1n) is 0.698. The fourth-order valence-corrected chi connectivity index (χ4v) is 0. The topological polar surface area (TPSA) is 74.6 Å². The summed E-state index contributed by atoms with van der Waals surface area (Å²) in [6.45, 7) is 0. The van der Waals surface area contributed by atoms with Gasteiger partial charge < -0.3 is 0 Å². The Morgan fingerprint density at radius 2 is 1.14 bits per heavy atom. The summed E-state index contributed by atoms with van der Waals surface area (Å²) < 4.78 is 31.6. The molecule has 0 fully saturated rings. The van der Waals surface area contributed by atoms with Crippen LogP contribution in [-0.2, 0) is 27.5 Å². The van der Waals surface area contributed by atoms with E-state index in [0.717, 1.165) is 0 Å². The molecule has 0 aliphatic heterocycles. The van der Waals surface area contributed by atoms with Crippen molar-refractivity contribution in [1.29, 1.82) is 0 Å². The molecule has 7 heavy (non-hydrogen) atoms. The molecule has 0 rings (SSSR count). The second kappa shape index (κ2) is 5.30. The molecular formula is H4MgMnO4S. The Balaban J connectivity index is -0.0000000800. The van der Waals surface area contributed by atoms with E-state index in [1.54, 1.807) is 0 Å². The first kappa shape index (κ1) is 15.7. The average molecular weight is 179 g/mol. The minimum absolute atomic E-state index is 0. The Kier molecular flexibility index (Phi) is 11.9. The van der Waals surface area contributed by atoms with Crippen molar-refractivity contribution in [2.75, 3.05) is 0 Å². The molecule has 4 nitrogen and oxygen atoms in total. The van der Waals surface area contributed by atoms with Gasteiger partial charge >= 0.3 is 33.5 Å². The van der Waals surface area contributed by atoms with Crippen LogP contribution in [0.1, 0.15) is 0 Å². The van der Waals surface area contributed by atoms with E-state index in [1.807, 2.05) is 0 Å². The van der Waals surface area contributed by atoms with Gasteiger partial charge in [0.15, 0.2) is 0 Å². The summed E-state index contributed by atoms with van der Waals surface area (Å²) in [5.74, 6) is 0. The van der Waals surface area contributed by atoms with Crippen LogP contribution in [0.25, 0.3) is 0 Å². The van der Waals surface area contributed by atoms with E-state index < -0.39 is 10.4 Å². The zero-order valence-electron chi connectivity index (χ0n) is 2.50. The van der Waals surface area contributed by atoms with Gasteiger partial charge in [0.05, 0.1) is 0 Å². The molecule has 0 unspecified atom stereocenters. The third kappa shape index (κ3) is 142. The maximum Gasteiger partial charge on any atom is 0.394 e. The smallest absolute Gasteiger partial charge is 0.264 e. The first-order valence-corrected chi connectivity index (χ1v) is 2.10. The van der Waals surface area contributed by atoms with Gasteiger partial charge in [0.2, 0.25) is 0 Å². The Morgan fingerprint density at radius 1 is 1.14 bits per heavy atom. The van der Waals surface area contributed by atoms with Crippen molar-refractivity contribution < 1.29 is 34.6 Å². The molecule has 0 aliphatic rings. The zero-order chi connectivity index (χ0) is 4.50. The summed E-state index contributed by atoms with van der Waals surface area (Å²) in [6, 6.07) is 0. The van der Waals surface area contributed by atoms with Crippen molar-refractivity contribution in [3.8, 4) is 0 Å². The van der Waals surface area contributed by atoms with E-state index in [4.69, 9.17) is 17.5 Å². The molecule has 0 aromatic rings. The maximum absolute atomic E-state index is 8.74. The fraction of sp³-hybridized carbons (Fsp3) is 0. The van der Waals surface area contributed by atoms with Crippen LogP contribution < -0.4 is 0 Å². The molecule has 0 heterocycles. The van der Waals surface area contributed by atoms with Gasteiger partial charge in [-0.25, -0.2) is 0 Å². The minimum Gasteiger partial charge on any atom is -0.264 e. The first-order chi connectivity index (χ1) is 2.00. The van der Waals surface area contributed by atoms with Crippen molar-refractivity contribution in [3.05, 3.63) is 0 Å². The third-order valence-corrected chi connectivity index (χ3v) is 0. The molecule has 0 saturated carbocycles. The predicted octanol–water partition coefficient (Wildman–Crippen LogP) is -1.57. The molecule has 7 heteroatoms. The van der Waals surface area contributed by atoms with E-state index in [-0.39, 0.29) is 40.1 Å². The SMILES string of the molecule is O=S(=O)(O)O.[MgH2].[Mn]. The third-order valence-electron chi connectivity index (χ3n) is 0. The summed E-state index contributed by atoms with van der Waals surface area (Å²) in [7, 11) is -4.67. The largest absolute Gasteiger partial charge is 0.394 e. The number of hydrogen-bond donors (Lipinski definition) is 2. The van der Waals surface area contributed by atoms with Crippen LogP contribution in [0.15, 0.2) is 0 Å². The quantitative estimate of drug-likeness (QED) is 0.348. The summed E-state index contributed by atoms with van der Waals surface area (Å²) in [4.78, 5) is 0. The summed E-state index contributed by atoms with van der Waals surface area (Å²) >= 11 is 0. The predicted molar refractivity (Wildman–Crippen MR) is 22.7 cm³/mol. The molecule has 0 atom stereocenters. The Hall–Kier alpha value is 1.16. The van der Waals surface area contributed by atoms with Gasteiger partial charge in [-0.05, 0) is 0 Å². The monoisotopic (exact) mass is 179 g/mol. The van der Waals surface area contributed by atoms with Gasteiger partial charge in [-0.15, -0.1) is 0 Å². The van der Waals surface area contributed by atoms with Crippen LogP contribution in [0.4, 0.5) is 0 Å². The fourth-order valence-electron chi connectivity index (χ4n) is 0. The van der Waals surface area contributed by atoms with Gasteiger partial charge in [0.1, 0.15) is 0 Å². The van der Waals surface area contributed by atoms with Crippen LogP contribution in [0.2, 0.25) is 0 Å². The van der Waals surface area contributed by atoms with E-state index in [9.17, 15) is 0 Å². The second-order valence-electron chi connectivity index (χ2n) is 0.448. The molecular weight excluding hydrogens is 175 g/mol. The van der Waals surface area contributed by atoms with Crippen LogP contribution in [-0.4, -0.2) is 40.6 Å². The Morgan fingerprint density at radius 3 is 1.14 bits per heavy atom. The van der Waals surface area contributed by atoms with E-state index in [2.05, 4.69) is 0 Å². The molecule has 2 N–H and O–H groups in total. The van der Waals surface area contributed by atoms with Crippen molar-refractivity contribution in [2.24, 2.45) is 0 Å². The van der Waals surface area contributed by atoms with E-state index in [1.165, 1.54) is 0 Å². The summed E-state index contributed by atoms with van der Waals surface area (Å²) in [5, 5.41) is 0. The van der Waals surface area contributed by atoms with Gasteiger partial charge in [-0.2, -0.15) is 8.42 Å². The molecule has 1 radical (unpaired) electrons. The van der Waals surface area contributed by atoms with Crippen molar-refractivity contribution >= 4 is 33.5 Å². The molecule has 0 aromatic carbocycles. The molecule has 0 spiro atoms.